The molecule has 0 amide bonds. The SMILES string of the molecule is CC1SCCN(S(=O)(=O)c2ccc(CO)cc2Br)C1C. The van der Waals surface area contributed by atoms with Crippen molar-refractivity contribution >= 4 is 37.7 Å². The van der Waals surface area contributed by atoms with Gasteiger partial charge in [0.1, 0.15) is 0 Å². The predicted molar refractivity (Wildman–Crippen MR) is 85.3 cm³/mol. The summed E-state index contributed by atoms with van der Waals surface area (Å²) in [6.07, 6.45) is 0. The normalized spacial score (nSPS) is 24.8. The van der Waals surface area contributed by atoms with E-state index in [1.165, 1.54) is 0 Å². The molecule has 2 unspecified atom stereocenters. The molecule has 1 N–H and O–H groups in total. The van der Waals surface area contributed by atoms with Crippen LogP contribution in [0.25, 0.3) is 0 Å². The largest absolute Gasteiger partial charge is 0.392 e. The Balaban J connectivity index is 2.39. The van der Waals surface area contributed by atoms with E-state index < -0.39 is 10.0 Å². The number of thioether (sulfide) groups is 1. The Morgan fingerprint density at radius 2 is 2.15 bits per heavy atom. The number of hydrogen-bond acceptors (Lipinski definition) is 4. The molecule has 1 saturated heterocycles. The molecule has 1 aromatic carbocycles. The van der Waals surface area contributed by atoms with Gasteiger partial charge >= 0.3 is 0 Å². The van der Waals surface area contributed by atoms with E-state index in [4.69, 9.17) is 5.11 Å². The van der Waals surface area contributed by atoms with Crippen molar-refractivity contribution in [3.8, 4) is 0 Å². The second kappa shape index (κ2) is 6.36. The van der Waals surface area contributed by atoms with E-state index in [1.807, 2.05) is 6.92 Å². The molecule has 2 atom stereocenters. The van der Waals surface area contributed by atoms with E-state index in [1.54, 1.807) is 34.3 Å². The van der Waals surface area contributed by atoms with E-state index in [-0.39, 0.29) is 22.8 Å². The average molecular weight is 380 g/mol. The van der Waals surface area contributed by atoms with Crippen molar-refractivity contribution in [1.29, 1.82) is 0 Å². The first-order chi connectivity index (χ1) is 9.37. The van der Waals surface area contributed by atoms with E-state index >= 15 is 0 Å². The molecule has 1 aromatic rings. The van der Waals surface area contributed by atoms with Gasteiger partial charge in [-0.25, -0.2) is 8.42 Å². The van der Waals surface area contributed by atoms with Crippen LogP contribution in [0, 0.1) is 0 Å². The maximum absolute atomic E-state index is 12.8. The minimum absolute atomic E-state index is 0.0248. The van der Waals surface area contributed by atoms with Crippen LogP contribution in [0.3, 0.4) is 0 Å². The molecule has 112 valence electrons. The first-order valence-electron chi connectivity index (χ1n) is 6.40. The van der Waals surface area contributed by atoms with Crippen molar-refractivity contribution in [2.75, 3.05) is 12.3 Å². The monoisotopic (exact) mass is 379 g/mol. The quantitative estimate of drug-likeness (QED) is 0.875. The molecule has 0 aliphatic carbocycles. The van der Waals surface area contributed by atoms with E-state index in [0.29, 0.717) is 16.6 Å². The number of benzene rings is 1. The maximum atomic E-state index is 12.8. The molecule has 7 heteroatoms. The van der Waals surface area contributed by atoms with Gasteiger partial charge < -0.3 is 5.11 Å². The number of halogens is 1. The molecule has 0 spiro atoms. The molecule has 1 fully saturated rings. The second-order valence-corrected chi connectivity index (χ2v) is 9.05. The summed E-state index contributed by atoms with van der Waals surface area (Å²) >= 11 is 5.10. The molecular weight excluding hydrogens is 362 g/mol. The molecule has 0 saturated carbocycles. The first kappa shape index (κ1) is 16.3. The summed E-state index contributed by atoms with van der Waals surface area (Å²) in [6.45, 7) is 4.44. The van der Waals surface area contributed by atoms with Gasteiger partial charge in [-0.2, -0.15) is 16.1 Å². The van der Waals surface area contributed by atoms with Gasteiger partial charge in [0.2, 0.25) is 10.0 Å². The van der Waals surface area contributed by atoms with Gasteiger partial charge in [-0.05, 0) is 40.5 Å². The third kappa shape index (κ3) is 3.06. The van der Waals surface area contributed by atoms with E-state index in [2.05, 4.69) is 22.9 Å². The number of aliphatic hydroxyl groups excluding tert-OH is 1. The third-order valence-electron chi connectivity index (χ3n) is 3.59. The second-order valence-electron chi connectivity index (χ2n) is 4.86. The van der Waals surface area contributed by atoms with Crippen LogP contribution in [0.2, 0.25) is 0 Å². The highest BCUT2D eigenvalue weighted by molar-refractivity contribution is 9.10. The molecular formula is C13H18BrNO3S2. The topological polar surface area (TPSA) is 57.6 Å². The fraction of sp³-hybridized carbons (Fsp3) is 0.538. The molecule has 0 aromatic heterocycles. The number of rotatable bonds is 3. The number of sulfonamides is 1. The standard InChI is InChI=1S/C13H18BrNO3S2/c1-9-10(2)19-6-5-15(9)20(17,18)13-4-3-11(8-16)7-12(13)14/h3-4,7,9-10,16H,5-6,8H2,1-2H3. The fourth-order valence-corrected chi connectivity index (χ4v) is 6.30. The summed E-state index contributed by atoms with van der Waals surface area (Å²) < 4.78 is 27.7. The van der Waals surface area contributed by atoms with Crippen LogP contribution >= 0.6 is 27.7 Å². The Kier molecular flexibility index (Phi) is 5.18. The molecule has 1 aliphatic rings. The third-order valence-corrected chi connectivity index (χ3v) is 7.89. The van der Waals surface area contributed by atoms with Crippen molar-refractivity contribution in [3.63, 3.8) is 0 Å². The van der Waals surface area contributed by atoms with Crippen molar-refractivity contribution < 1.29 is 13.5 Å². The smallest absolute Gasteiger partial charge is 0.244 e. The molecule has 4 nitrogen and oxygen atoms in total. The van der Waals surface area contributed by atoms with Crippen molar-refractivity contribution in [1.82, 2.24) is 4.31 Å². The van der Waals surface area contributed by atoms with Crippen LogP contribution in [-0.2, 0) is 16.6 Å². The van der Waals surface area contributed by atoms with Gasteiger partial charge in [-0.15, -0.1) is 0 Å². The predicted octanol–water partition coefficient (Wildman–Crippen LogP) is 2.46. The number of nitrogens with zero attached hydrogens (tertiary/aromatic N) is 1. The average Bonchev–Trinajstić information content (AvgIpc) is 2.41. The highest BCUT2D eigenvalue weighted by Crippen LogP contribution is 2.32. The Morgan fingerprint density at radius 1 is 1.45 bits per heavy atom. The highest BCUT2D eigenvalue weighted by Gasteiger charge is 2.35. The van der Waals surface area contributed by atoms with Crippen LogP contribution in [0.5, 0.6) is 0 Å². The minimum Gasteiger partial charge on any atom is -0.392 e. The Bertz CT molecular complexity index is 591. The lowest BCUT2D eigenvalue weighted by atomic mass is 10.2. The van der Waals surface area contributed by atoms with Crippen LogP contribution in [0.15, 0.2) is 27.6 Å². The van der Waals surface area contributed by atoms with Gasteiger partial charge in [0.25, 0.3) is 0 Å². The van der Waals surface area contributed by atoms with Crippen LogP contribution < -0.4 is 0 Å². The maximum Gasteiger partial charge on any atom is 0.244 e. The van der Waals surface area contributed by atoms with Crippen LogP contribution in [0.4, 0.5) is 0 Å². The zero-order chi connectivity index (χ0) is 14.9. The fourth-order valence-electron chi connectivity index (χ4n) is 2.22. The van der Waals surface area contributed by atoms with Crippen LogP contribution in [0.1, 0.15) is 19.4 Å². The Hall–Kier alpha value is -0.0800. The lowest BCUT2D eigenvalue weighted by Gasteiger charge is -2.36. The van der Waals surface area contributed by atoms with Gasteiger partial charge in [0.05, 0.1) is 11.5 Å². The molecule has 1 heterocycles. The summed E-state index contributed by atoms with van der Waals surface area (Å²) in [7, 11) is -3.51. The van der Waals surface area contributed by atoms with Gasteiger partial charge in [0, 0.05) is 28.1 Å². The summed E-state index contributed by atoms with van der Waals surface area (Å²) in [5.74, 6) is 0.817. The lowest BCUT2D eigenvalue weighted by Crippen LogP contribution is -2.47. The summed E-state index contributed by atoms with van der Waals surface area (Å²) in [6, 6.07) is 4.83. The van der Waals surface area contributed by atoms with Crippen LogP contribution in [-0.4, -0.2) is 41.4 Å². The highest BCUT2D eigenvalue weighted by atomic mass is 79.9. The van der Waals surface area contributed by atoms with E-state index in [0.717, 1.165) is 5.75 Å². The Morgan fingerprint density at radius 3 is 2.75 bits per heavy atom. The Labute approximate surface area is 132 Å². The lowest BCUT2D eigenvalue weighted by molar-refractivity contribution is 0.281. The zero-order valence-corrected chi connectivity index (χ0v) is 14.6. The van der Waals surface area contributed by atoms with Crippen molar-refractivity contribution in [2.45, 2.75) is 36.6 Å². The molecule has 20 heavy (non-hydrogen) atoms. The summed E-state index contributed by atoms with van der Waals surface area (Å²) in [5.41, 5.74) is 0.687. The molecule has 2 rings (SSSR count). The summed E-state index contributed by atoms with van der Waals surface area (Å²) in [4.78, 5) is 0.264. The zero-order valence-electron chi connectivity index (χ0n) is 11.4. The minimum atomic E-state index is -3.51. The van der Waals surface area contributed by atoms with Gasteiger partial charge in [-0.1, -0.05) is 13.0 Å². The van der Waals surface area contributed by atoms with Gasteiger partial charge in [0.15, 0.2) is 0 Å². The van der Waals surface area contributed by atoms with Crippen molar-refractivity contribution in [2.24, 2.45) is 0 Å². The summed E-state index contributed by atoms with van der Waals surface area (Å²) in [5, 5.41) is 9.38. The molecule has 1 aliphatic heterocycles. The van der Waals surface area contributed by atoms with Gasteiger partial charge in [-0.3, -0.25) is 0 Å². The van der Waals surface area contributed by atoms with E-state index in [9.17, 15) is 8.42 Å². The molecule has 0 bridgehead atoms. The first-order valence-corrected chi connectivity index (χ1v) is 9.69. The molecule has 0 radical (unpaired) electrons. The number of aliphatic hydroxyl groups is 1. The van der Waals surface area contributed by atoms with Crippen molar-refractivity contribution in [3.05, 3.63) is 28.2 Å². The number of hydrogen-bond donors (Lipinski definition) is 1.